The lowest BCUT2D eigenvalue weighted by Gasteiger charge is -2.18. The van der Waals surface area contributed by atoms with Crippen LogP contribution in [0.2, 0.25) is 10.0 Å². The molecule has 0 aliphatic heterocycles. The van der Waals surface area contributed by atoms with Crippen LogP contribution in [0.4, 0.5) is 0 Å². The largest absolute Gasteiger partial charge is 0.306 e. The summed E-state index contributed by atoms with van der Waals surface area (Å²) in [6, 6.07) is 8.10. The molecular weight excluding hydrogens is 297 g/mol. The fourth-order valence-electron chi connectivity index (χ4n) is 1.95. The molecule has 0 aliphatic carbocycles. The average molecular weight is 314 g/mol. The van der Waals surface area contributed by atoms with Crippen molar-refractivity contribution >= 4 is 34.5 Å². The molecule has 2 rings (SSSR count). The normalized spacial score (nSPS) is 12.6. The van der Waals surface area contributed by atoms with Gasteiger partial charge in [-0.15, -0.1) is 11.3 Å². The van der Waals surface area contributed by atoms with E-state index in [1.807, 2.05) is 19.1 Å². The van der Waals surface area contributed by atoms with Crippen molar-refractivity contribution in [2.24, 2.45) is 0 Å². The third-order valence-corrected chi connectivity index (χ3v) is 5.02. The summed E-state index contributed by atoms with van der Waals surface area (Å²) in [6.45, 7) is 5.16. The van der Waals surface area contributed by atoms with Crippen molar-refractivity contribution in [1.29, 1.82) is 0 Å². The smallest absolute Gasteiger partial charge is 0.0686 e. The van der Waals surface area contributed by atoms with Gasteiger partial charge >= 0.3 is 0 Å². The van der Waals surface area contributed by atoms with Gasteiger partial charge in [-0.1, -0.05) is 42.3 Å². The van der Waals surface area contributed by atoms with Gasteiger partial charge in [0.15, 0.2) is 0 Å². The van der Waals surface area contributed by atoms with Gasteiger partial charge in [0.2, 0.25) is 0 Å². The zero-order chi connectivity index (χ0) is 13.8. The van der Waals surface area contributed by atoms with Crippen LogP contribution in [0.15, 0.2) is 29.6 Å². The van der Waals surface area contributed by atoms with Crippen LogP contribution in [0.5, 0.6) is 0 Å². The predicted molar refractivity (Wildman–Crippen MR) is 85.7 cm³/mol. The van der Waals surface area contributed by atoms with Gasteiger partial charge in [-0.05, 0) is 48.5 Å². The topological polar surface area (TPSA) is 12.0 Å². The van der Waals surface area contributed by atoms with Gasteiger partial charge in [0, 0.05) is 9.90 Å². The van der Waals surface area contributed by atoms with Crippen LogP contribution in [0.1, 0.15) is 35.4 Å². The van der Waals surface area contributed by atoms with E-state index < -0.39 is 0 Å². The van der Waals surface area contributed by atoms with Crippen molar-refractivity contribution in [1.82, 2.24) is 5.32 Å². The van der Waals surface area contributed by atoms with Crippen LogP contribution in [-0.4, -0.2) is 6.54 Å². The van der Waals surface area contributed by atoms with Gasteiger partial charge < -0.3 is 5.32 Å². The fraction of sp³-hybridized carbons (Fsp3) is 0.333. The third kappa shape index (κ3) is 3.51. The van der Waals surface area contributed by atoms with Crippen LogP contribution in [-0.2, 0) is 0 Å². The lowest BCUT2D eigenvalue weighted by Crippen LogP contribution is -2.22. The van der Waals surface area contributed by atoms with E-state index in [-0.39, 0.29) is 6.04 Å². The van der Waals surface area contributed by atoms with Gasteiger partial charge in [-0.25, -0.2) is 0 Å². The number of hydrogen-bond donors (Lipinski definition) is 1. The van der Waals surface area contributed by atoms with Crippen molar-refractivity contribution in [2.75, 3.05) is 6.54 Å². The first-order chi connectivity index (χ1) is 9.13. The molecule has 0 radical (unpaired) electrons. The molecule has 1 unspecified atom stereocenters. The molecule has 0 saturated carbocycles. The van der Waals surface area contributed by atoms with Gasteiger partial charge in [0.25, 0.3) is 0 Å². The Morgan fingerprint density at radius 1 is 1.21 bits per heavy atom. The number of hydrogen-bond acceptors (Lipinski definition) is 2. The summed E-state index contributed by atoms with van der Waals surface area (Å²) >= 11 is 14.1. The number of nitrogens with one attached hydrogen (secondary N) is 1. The number of halogens is 2. The van der Waals surface area contributed by atoms with E-state index in [1.54, 1.807) is 11.3 Å². The maximum atomic E-state index is 6.41. The summed E-state index contributed by atoms with van der Waals surface area (Å²) in [5, 5.41) is 7.29. The average Bonchev–Trinajstić information content (AvgIpc) is 2.73. The Labute approximate surface area is 128 Å². The third-order valence-electron chi connectivity index (χ3n) is 2.99. The predicted octanol–water partition coefficient (Wildman–Crippen LogP) is 5.45. The monoisotopic (exact) mass is 313 g/mol. The minimum Gasteiger partial charge on any atom is -0.306 e. The molecule has 1 atom stereocenters. The maximum absolute atomic E-state index is 6.41. The van der Waals surface area contributed by atoms with E-state index in [2.05, 4.69) is 29.8 Å². The molecule has 1 nitrogen and oxygen atoms in total. The van der Waals surface area contributed by atoms with E-state index in [1.165, 1.54) is 10.4 Å². The maximum Gasteiger partial charge on any atom is 0.0686 e. The molecule has 0 amide bonds. The summed E-state index contributed by atoms with van der Waals surface area (Å²) in [5.74, 6) is 0. The van der Waals surface area contributed by atoms with Crippen molar-refractivity contribution in [3.63, 3.8) is 0 Å². The zero-order valence-corrected chi connectivity index (χ0v) is 13.4. The van der Waals surface area contributed by atoms with Gasteiger partial charge in [-0.3, -0.25) is 0 Å². The molecule has 1 N–H and O–H groups in total. The van der Waals surface area contributed by atoms with Crippen LogP contribution >= 0.6 is 34.5 Å². The number of benzene rings is 1. The second-order valence-corrected chi connectivity index (χ2v) is 6.26. The van der Waals surface area contributed by atoms with E-state index in [0.717, 1.165) is 28.6 Å². The summed E-state index contributed by atoms with van der Waals surface area (Å²) in [7, 11) is 0. The Kier molecular flexibility index (Phi) is 5.28. The van der Waals surface area contributed by atoms with E-state index >= 15 is 0 Å². The number of aryl methyl sites for hydroxylation is 1. The fourth-order valence-corrected chi connectivity index (χ4v) is 3.48. The Bertz CT molecular complexity index is 534. The Hall–Kier alpha value is -0.540. The second kappa shape index (κ2) is 6.76. The summed E-state index contributed by atoms with van der Waals surface area (Å²) in [6.07, 6.45) is 1.09. The minimum absolute atomic E-state index is 0.142. The molecule has 19 heavy (non-hydrogen) atoms. The standard InChI is InChI=1S/C15H17Cl2NS/c1-3-8-18-14(11-4-6-12(16)7-5-11)15-13(17)10(2)9-19-15/h4-7,9,14,18H,3,8H2,1-2H3. The summed E-state index contributed by atoms with van der Waals surface area (Å²) < 4.78 is 0. The Morgan fingerprint density at radius 2 is 1.89 bits per heavy atom. The van der Waals surface area contributed by atoms with Gasteiger partial charge in [0.05, 0.1) is 11.1 Å². The minimum atomic E-state index is 0.142. The van der Waals surface area contributed by atoms with Crippen LogP contribution < -0.4 is 5.32 Å². The first-order valence-corrected chi connectivity index (χ1v) is 7.99. The van der Waals surface area contributed by atoms with E-state index in [9.17, 15) is 0 Å². The molecule has 102 valence electrons. The zero-order valence-electron chi connectivity index (χ0n) is 11.0. The van der Waals surface area contributed by atoms with Crippen molar-refractivity contribution < 1.29 is 0 Å². The number of rotatable bonds is 5. The van der Waals surface area contributed by atoms with E-state index in [4.69, 9.17) is 23.2 Å². The van der Waals surface area contributed by atoms with Crippen LogP contribution in [0.25, 0.3) is 0 Å². The quantitative estimate of drug-likeness (QED) is 0.773. The highest BCUT2D eigenvalue weighted by Gasteiger charge is 2.19. The first kappa shape index (κ1) is 14.9. The molecule has 0 fully saturated rings. The molecule has 2 aromatic rings. The molecular formula is C15H17Cl2NS. The highest BCUT2D eigenvalue weighted by atomic mass is 35.5. The lowest BCUT2D eigenvalue weighted by atomic mass is 10.0. The van der Waals surface area contributed by atoms with Crippen molar-refractivity contribution in [3.8, 4) is 0 Å². The van der Waals surface area contributed by atoms with Gasteiger partial charge in [0.1, 0.15) is 0 Å². The molecule has 1 heterocycles. The van der Waals surface area contributed by atoms with E-state index in [0.29, 0.717) is 0 Å². The lowest BCUT2D eigenvalue weighted by molar-refractivity contribution is 0.606. The number of thiophene rings is 1. The summed E-state index contributed by atoms with van der Waals surface area (Å²) in [4.78, 5) is 1.18. The highest BCUT2D eigenvalue weighted by Crippen LogP contribution is 2.36. The molecule has 4 heteroatoms. The second-order valence-electron chi connectivity index (χ2n) is 4.54. The SMILES string of the molecule is CCCNC(c1ccc(Cl)cc1)c1scc(C)c1Cl. The molecule has 1 aromatic carbocycles. The van der Waals surface area contributed by atoms with Gasteiger partial charge in [-0.2, -0.15) is 0 Å². The van der Waals surface area contributed by atoms with Crippen LogP contribution in [0, 0.1) is 6.92 Å². The Balaban J connectivity index is 2.35. The first-order valence-electron chi connectivity index (χ1n) is 6.35. The molecule has 0 saturated heterocycles. The highest BCUT2D eigenvalue weighted by molar-refractivity contribution is 7.10. The van der Waals surface area contributed by atoms with Crippen molar-refractivity contribution in [2.45, 2.75) is 26.3 Å². The molecule has 0 bridgehead atoms. The molecule has 1 aromatic heterocycles. The van der Waals surface area contributed by atoms with Crippen LogP contribution in [0.3, 0.4) is 0 Å². The molecule has 0 aliphatic rings. The molecule has 0 spiro atoms. The van der Waals surface area contributed by atoms with Crippen molar-refractivity contribution in [3.05, 3.63) is 55.7 Å². The summed E-state index contributed by atoms with van der Waals surface area (Å²) in [5.41, 5.74) is 2.33. The Morgan fingerprint density at radius 3 is 2.42 bits per heavy atom.